The van der Waals surface area contributed by atoms with Crippen molar-refractivity contribution in [3.8, 4) is 0 Å². The van der Waals surface area contributed by atoms with Crippen molar-refractivity contribution in [2.24, 2.45) is 0 Å². The Bertz CT molecular complexity index is 529. The molecule has 0 aromatic rings. The van der Waals surface area contributed by atoms with Crippen LogP contribution in [0.15, 0.2) is 0 Å². The van der Waals surface area contributed by atoms with E-state index >= 15 is 0 Å². The maximum absolute atomic E-state index is 11.3. The summed E-state index contributed by atoms with van der Waals surface area (Å²) in [4.78, 5) is 43.9. The minimum absolute atomic E-state index is 0. The Morgan fingerprint density at radius 3 is 0.923 bits per heavy atom. The fourth-order valence-electron chi connectivity index (χ4n) is 3.92. The molecule has 0 spiro atoms. The Hall–Kier alpha value is -0.921. The number of ether oxygens (including phenoxy) is 2. The van der Waals surface area contributed by atoms with Crippen LogP contribution >= 0.6 is 0 Å². The van der Waals surface area contributed by atoms with Gasteiger partial charge in [0.15, 0.2) is 0 Å². The summed E-state index contributed by atoms with van der Waals surface area (Å²) in [7, 11) is 0. The molecular weight excluding hydrogens is 599 g/mol. The van der Waals surface area contributed by atoms with E-state index in [4.69, 9.17) is 9.47 Å². The summed E-state index contributed by atoms with van der Waals surface area (Å²) < 4.78 is 9.93. The molecule has 0 fully saturated rings. The van der Waals surface area contributed by atoms with Gasteiger partial charge in [0, 0.05) is 49.6 Å². The molecule has 0 aliphatic heterocycles. The first-order valence-corrected chi connectivity index (χ1v) is 15.6. The summed E-state index contributed by atoms with van der Waals surface area (Å²) in [6.07, 6.45) is 24.1. The van der Waals surface area contributed by atoms with Gasteiger partial charge in [0.2, 0.25) is 0 Å². The number of unbranched alkanes of at least 4 members (excludes halogenated alkanes) is 16. The first-order valence-electron chi connectivity index (χ1n) is 15.6. The normalized spacial score (nSPS) is 10.2. The molecule has 0 rings (SSSR count). The summed E-state index contributed by atoms with van der Waals surface area (Å²) in [5.74, 6) is -0.194. The van der Waals surface area contributed by atoms with E-state index in [2.05, 4.69) is 13.8 Å². The molecule has 39 heavy (non-hydrogen) atoms. The van der Waals surface area contributed by atoms with Crippen molar-refractivity contribution in [2.45, 2.75) is 169 Å². The van der Waals surface area contributed by atoms with Crippen molar-refractivity contribution >= 4 is 47.4 Å². The van der Waals surface area contributed by atoms with Crippen LogP contribution < -0.4 is 0 Å². The molecule has 0 bridgehead atoms. The molecule has 4 radical (unpaired) electrons. The predicted octanol–water partition coefficient (Wildman–Crippen LogP) is 8.48. The topological polar surface area (TPSA) is 86.7 Å². The molecule has 0 saturated carbocycles. The zero-order valence-corrected chi connectivity index (χ0v) is 28.8. The monoisotopic (exact) mass is 660 g/mol. The van der Waals surface area contributed by atoms with Crippen LogP contribution in [0, 0.1) is 0 Å². The van der Waals surface area contributed by atoms with Crippen LogP contribution in [0.2, 0.25) is 0 Å². The summed E-state index contributed by atoms with van der Waals surface area (Å²) >= 11 is 0. The number of hydrogen-bond acceptors (Lipinski definition) is 6. The fourth-order valence-corrected chi connectivity index (χ4v) is 3.92. The molecule has 0 N–H and O–H groups in total. The number of rotatable bonds is 26. The van der Waals surface area contributed by atoms with Gasteiger partial charge in [0.1, 0.15) is 11.6 Å². The van der Waals surface area contributed by atoms with Crippen molar-refractivity contribution in [3.63, 3.8) is 0 Å². The maximum Gasteiger partial charge on any atom is 0.305 e. The van der Waals surface area contributed by atoms with Gasteiger partial charge in [0.05, 0.1) is 13.2 Å². The smallest absolute Gasteiger partial charge is 0.305 e. The third-order valence-corrected chi connectivity index (χ3v) is 6.40. The standard InChI is InChI=1S/2C16H30O3.Sn/c2*1-3-4-5-6-7-8-9-10-11-12-16(18)19-14-13-15(2)17;/h2*3-14H2,1-2H3;. The molecule has 0 heterocycles. The van der Waals surface area contributed by atoms with Crippen LogP contribution in [0.4, 0.5) is 0 Å². The van der Waals surface area contributed by atoms with Gasteiger partial charge in [0.25, 0.3) is 0 Å². The van der Waals surface area contributed by atoms with Crippen molar-refractivity contribution in [1.29, 1.82) is 0 Å². The Morgan fingerprint density at radius 1 is 0.410 bits per heavy atom. The third-order valence-electron chi connectivity index (χ3n) is 6.40. The Labute approximate surface area is 257 Å². The van der Waals surface area contributed by atoms with E-state index < -0.39 is 0 Å². The second-order valence-electron chi connectivity index (χ2n) is 10.5. The average molecular weight is 660 g/mol. The number of Topliss-reactive ketones (excluding diaryl/α,β-unsaturated/α-hetero) is 2. The van der Waals surface area contributed by atoms with Crippen molar-refractivity contribution < 1.29 is 28.7 Å². The number of hydrogen-bond donors (Lipinski definition) is 0. The predicted molar refractivity (Wildman–Crippen MR) is 162 cm³/mol. The third kappa shape index (κ3) is 41.7. The van der Waals surface area contributed by atoms with E-state index in [1.54, 1.807) is 0 Å². The van der Waals surface area contributed by atoms with Gasteiger partial charge in [-0.15, -0.1) is 0 Å². The first kappa shape index (κ1) is 42.5. The molecule has 0 aromatic heterocycles. The summed E-state index contributed by atoms with van der Waals surface area (Å²) in [6.45, 7) is 7.96. The van der Waals surface area contributed by atoms with E-state index in [1.807, 2.05) is 0 Å². The van der Waals surface area contributed by atoms with Crippen LogP contribution in [0.3, 0.4) is 0 Å². The molecule has 0 saturated heterocycles. The minimum Gasteiger partial charge on any atom is -0.465 e. The van der Waals surface area contributed by atoms with Gasteiger partial charge in [-0.1, -0.05) is 117 Å². The van der Waals surface area contributed by atoms with E-state index in [0.717, 1.165) is 25.7 Å². The van der Waals surface area contributed by atoms with Gasteiger partial charge < -0.3 is 9.47 Å². The van der Waals surface area contributed by atoms with Gasteiger partial charge >= 0.3 is 11.9 Å². The molecule has 0 aromatic carbocycles. The van der Waals surface area contributed by atoms with Crippen LogP contribution in [-0.2, 0) is 28.7 Å². The van der Waals surface area contributed by atoms with E-state index in [-0.39, 0.29) is 60.6 Å². The number of ketones is 2. The van der Waals surface area contributed by atoms with Crippen LogP contribution in [-0.4, -0.2) is 60.6 Å². The van der Waals surface area contributed by atoms with Crippen LogP contribution in [0.5, 0.6) is 0 Å². The second-order valence-corrected chi connectivity index (χ2v) is 10.5. The van der Waals surface area contributed by atoms with Crippen LogP contribution in [0.1, 0.15) is 169 Å². The minimum atomic E-state index is -0.163. The molecule has 228 valence electrons. The van der Waals surface area contributed by atoms with Gasteiger partial charge in [-0.25, -0.2) is 0 Å². The number of esters is 2. The SMILES string of the molecule is CCCCCCCCCCCC(=O)OCCC(C)=O.CCCCCCCCCCCC(=O)OCCC(C)=O.[Sn]. The molecule has 0 unspecified atom stereocenters. The first-order chi connectivity index (χ1) is 18.3. The molecular formula is C32H60O6Sn. The zero-order valence-electron chi connectivity index (χ0n) is 25.9. The Morgan fingerprint density at radius 2 is 0.667 bits per heavy atom. The molecule has 6 nitrogen and oxygen atoms in total. The van der Waals surface area contributed by atoms with Crippen LogP contribution in [0.25, 0.3) is 0 Å². The van der Waals surface area contributed by atoms with E-state index in [1.165, 1.54) is 104 Å². The van der Waals surface area contributed by atoms with E-state index in [0.29, 0.717) is 25.7 Å². The van der Waals surface area contributed by atoms with Crippen molar-refractivity contribution in [2.75, 3.05) is 13.2 Å². The maximum atomic E-state index is 11.3. The summed E-state index contributed by atoms with van der Waals surface area (Å²) in [6, 6.07) is 0. The fraction of sp³-hybridized carbons (Fsp3) is 0.875. The average Bonchev–Trinajstić information content (AvgIpc) is 2.86. The quantitative estimate of drug-likeness (QED) is 0.0526. The summed E-state index contributed by atoms with van der Waals surface area (Å²) in [5.41, 5.74) is 0. The van der Waals surface area contributed by atoms with Crippen molar-refractivity contribution in [1.82, 2.24) is 0 Å². The Kier molecular flexibility index (Phi) is 38.3. The number of carbonyl (C=O) groups excluding carboxylic acids is 4. The Balaban J connectivity index is -0.000000648. The van der Waals surface area contributed by atoms with Gasteiger partial charge in [-0.3, -0.25) is 19.2 Å². The largest absolute Gasteiger partial charge is 0.465 e. The molecule has 0 amide bonds. The molecule has 0 aliphatic rings. The summed E-state index contributed by atoms with van der Waals surface area (Å²) in [5, 5.41) is 0. The molecule has 0 aliphatic carbocycles. The zero-order chi connectivity index (χ0) is 28.7. The van der Waals surface area contributed by atoms with E-state index in [9.17, 15) is 19.2 Å². The van der Waals surface area contributed by atoms with Gasteiger partial charge in [-0.2, -0.15) is 0 Å². The van der Waals surface area contributed by atoms with Crippen molar-refractivity contribution in [3.05, 3.63) is 0 Å². The molecule has 7 heteroatoms. The van der Waals surface area contributed by atoms with Gasteiger partial charge in [-0.05, 0) is 26.7 Å². The second kappa shape index (κ2) is 35.1. The number of carbonyl (C=O) groups is 4. The molecule has 0 atom stereocenters.